The van der Waals surface area contributed by atoms with Crippen molar-refractivity contribution in [1.29, 1.82) is 0 Å². The molecule has 0 aliphatic carbocycles. The van der Waals surface area contributed by atoms with Gasteiger partial charge in [-0.2, -0.15) is 13.2 Å². The smallest absolute Gasteiger partial charge is 0.391 e. The van der Waals surface area contributed by atoms with E-state index in [2.05, 4.69) is 30.8 Å². The van der Waals surface area contributed by atoms with Crippen LogP contribution in [0.25, 0.3) is 16.0 Å². The lowest BCUT2D eigenvalue weighted by atomic mass is 9.85. The zero-order chi connectivity index (χ0) is 52.4. The summed E-state index contributed by atoms with van der Waals surface area (Å²) in [6.45, 7) is 12.3. The zero-order valence-electron chi connectivity index (χ0n) is 41.3. The van der Waals surface area contributed by atoms with Crippen LogP contribution in [0.5, 0.6) is 0 Å². The Morgan fingerprint density at radius 1 is 0.986 bits per heavy atom. The van der Waals surface area contributed by atoms with Crippen LogP contribution in [0.2, 0.25) is 0 Å². The molecule has 3 aliphatic rings. The Bertz CT molecular complexity index is 2780. The third-order valence-corrected chi connectivity index (χ3v) is 14.7. The molecule has 2 fully saturated rings. The second-order valence-corrected chi connectivity index (χ2v) is 20.8. The number of piperazine rings is 1. The first kappa shape index (κ1) is 53.4. The fourth-order valence-electron chi connectivity index (χ4n) is 9.39. The molecular formula is C51H61F4N9O7S. The fourth-order valence-corrected chi connectivity index (χ4v) is 10.2. The van der Waals surface area contributed by atoms with Crippen LogP contribution in [-0.2, 0) is 31.9 Å². The summed E-state index contributed by atoms with van der Waals surface area (Å²) in [5.41, 5.74) is 1.30. The van der Waals surface area contributed by atoms with Gasteiger partial charge in [0.2, 0.25) is 29.2 Å². The Labute approximate surface area is 418 Å². The molecule has 5 amide bonds. The van der Waals surface area contributed by atoms with Crippen molar-refractivity contribution in [2.75, 3.05) is 50.0 Å². The number of amides is 5. The summed E-state index contributed by atoms with van der Waals surface area (Å²) >= 11 is 1.54. The number of H-pyrrole nitrogens is 1. The highest BCUT2D eigenvalue weighted by Gasteiger charge is 2.45. The van der Waals surface area contributed by atoms with Gasteiger partial charge in [-0.15, -0.1) is 11.3 Å². The number of β-amino-alcohol motifs (C(OH)–C–C–N with tert-alkyl or cyclic N) is 1. The molecule has 7 rings (SSSR count). The average molecular weight is 1020 g/mol. The van der Waals surface area contributed by atoms with Gasteiger partial charge in [-0.25, -0.2) is 9.37 Å². The largest absolute Gasteiger partial charge is 0.417 e. The van der Waals surface area contributed by atoms with E-state index in [4.69, 9.17) is 0 Å². The zero-order valence-corrected chi connectivity index (χ0v) is 42.1. The third kappa shape index (κ3) is 12.2. The number of hydrogen-bond donors (Lipinski definition) is 5. The van der Waals surface area contributed by atoms with Gasteiger partial charge in [0.05, 0.1) is 44.7 Å². The van der Waals surface area contributed by atoms with Gasteiger partial charge < -0.3 is 40.7 Å². The molecule has 5 heterocycles. The van der Waals surface area contributed by atoms with Gasteiger partial charge in [0.15, 0.2) is 0 Å². The van der Waals surface area contributed by atoms with E-state index in [0.717, 1.165) is 21.7 Å². The van der Waals surface area contributed by atoms with Crippen molar-refractivity contribution < 1.29 is 46.6 Å². The van der Waals surface area contributed by atoms with Gasteiger partial charge in [0.1, 0.15) is 17.9 Å². The maximum atomic E-state index is 16.2. The van der Waals surface area contributed by atoms with Crippen molar-refractivity contribution in [1.82, 2.24) is 35.3 Å². The predicted molar refractivity (Wildman–Crippen MR) is 265 cm³/mol. The number of aliphatic hydroxyl groups is 1. The number of hydrogen-bond acceptors (Lipinski definition) is 11. The minimum absolute atomic E-state index is 0.00686. The lowest BCUT2D eigenvalue weighted by Crippen LogP contribution is -2.57. The van der Waals surface area contributed by atoms with E-state index in [-0.39, 0.29) is 86.8 Å². The molecule has 0 radical (unpaired) electrons. The highest BCUT2D eigenvalue weighted by Crippen LogP contribution is 2.38. The summed E-state index contributed by atoms with van der Waals surface area (Å²) in [6, 6.07) is 8.55. The maximum absolute atomic E-state index is 16.2. The summed E-state index contributed by atoms with van der Waals surface area (Å²) in [5, 5.41) is 18.9. The van der Waals surface area contributed by atoms with E-state index in [9.17, 15) is 47.0 Å². The number of likely N-dealkylation sites (tertiary alicyclic amines) is 1. The first-order valence-corrected chi connectivity index (χ1v) is 24.7. The van der Waals surface area contributed by atoms with Crippen molar-refractivity contribution in [3.63, 3.8) is 0 Å². The quantitative estimate of drug-likeness (QED) is 0.0998. The molecule has 5 N–H and O–H groups in total. The SMILES string of the molecule is Cc1ncsc1-c1ccc(CNC(=O)[C@@H]2C[C@@H](O)CN2C(=O)C(NC(=O)CCC(=O)N2CC=C(c3cc(NC(=O)c4c[nH]c(=O)cc4C(F)(F)F)c(N4C[C@@H](C)N(C)[C@@H](C)C4)cc3F)CC2)C(C)(C)C)cc1. The number of likely N-dealkylation sites (N-methyl/N-ethyl adjacent to an activating group) is 1. The number of aromatic nitrogens is 2. The van der Waals surface area contributed by atoms with Crippen molar-refractivity contribution in [3.05, 3.63) is 104 Å². The van der Waals surface area contributed by atoms with Crippen LogP contribution >= 0.6 is 11.3 Å². The molecule has 386 valence electrons. The van der Waals surface area contributed by atoms with Gasteiger partial charge in [-0.3, -0.25) is 33.7 Å². The molecule has 0 bridgehead atoms. The second kappa shape index (κ2) is 21.7. The lowest BCUT2D eigenvalue weighted by Gasteiger charge is -2.44. The highest BCUT2D eigenvalue weighted by molar-refractivity contribution is 7.13. The van der Waals surface area contributed by atoms with Crippen molar-refractivity contribution in [2.24, 2.45) is 5.41 Å². The van der Waals surface area contributed by atoms with Crippen LogP contribution in [0.1, 0.15) is 93.0 Å². The van der Waals surface area contributed by atoms with Gasteiger partial charge in [-0.05, 0) is 68.5 Å². The number of nitrogens with one attached hydrogen (secondary N) is 4. The molecule has 1 unspecified atom stereocenters. The number of aliphatic hydroxyl groups excluding tert-OH is 1. The minimum atomic E-state index is -5.02. The predicted octanol–water partition coefficient (Wildman–Crippen LogP) is 5.95. The van der Waals surface area contributed by atoms with Crippen molar-refractivity contribution in [3.8, 4) is 10.4 Å². The number of pyridine rings is 1. The topological polar surface area (TPSA) is 200 Å². The normalized spacial score (nSPS) is 20.2. The molecule has 2 aromatic heterocycles. The number of aryl methyl sites for hydroxylation is 1. The molecule has 0 spiro atoms. The molecule has 0 saturated carbocycles. The van der Waals surface area contributed by atoms with Gasteiger partial charge in [0, 0.05) is 88.4 Å². The molecular weight excluding hydrogens is 959 g/mol. The molecule has 4 aromatic rings. The van der Waals surface area contributed by atoms with E-state index in [0.29, 0.717) is 30.9 Å². The number of nitrogens with zero attached hydrogens (tertiary/aromatic N) is 5. The molecule has 2 saturated heterocycles. The number of carbonyl (C=O) groups excluding carboxylic acids is 5. The van der Waals surface area contributed by atoms with E-state index in [1.165, 1.54) is 33.3 Å². The highest BCUT2D eigenvalue weighted by atomic mass is 32.1. The number of thiazole rings is 1. The summed E-state index contributed by atoms with van der Waals surface area (Å²) in [4.78, 5) is 94.3. The van der Waals surface area contributed by atoms with Crippen LogP contribution in [-0.4, -0.2) is 129 Å². The standard InChI is InChI=1S/C51H61F4N9O7S/c1-28-24-63(25-29(2)61(28)7)40-21-38(52)35(19-39(40)59-47(69)36-23-56-43(67)20-37(36)51(53,54)55)32-14-16-62(17-15-32)44(68)13-12-42(66)60-46(50(4,5)6)49(71)64-26-34(65)18-41(64)48(70)57-22-31-8-10-33(11-9-31)45-30(3)58-27-72-45/h8-11,14,19-21,23,27-29,34,41,46,65H,12-13,15-18,22,24-26H2,1-7H3,(H,56,67)(H,57,70)(H,59,69)(H,60,66)/t28-,29+,34-,41+,46?/m1/s1. The Hall–Kier alpha value is -6.45. The van der Waals surface area contributed by atoms with Crippen LogP contribution in [0.3, 0.4) is 0 Å². The fraction of sp³-hybridized carbons (Fsp3) is 0.471. The number of benzene rings is 2. The molecule has 2 aromatic carbocycles. The summed E-state index contributed by atoms with van der Waals surface area (Å²) < 4.78 is 58.2. The number of halogens is 4. The summed E-state index contributed by atoms with van der Waals surface area (Å²) in [7, 11) is 1.95. The number of alkyl halides is 3. The summed E-state index contributed by atoms with van der Waals surface area (Å²) in [5.74, 6) is -3.76. The molecule has 72 heavy (non-hydrogen) atoms. The Morgan fingerprint density at radius 2 is 1.68 bits per heavy atom. The molecule has 3 aliphatic heterocycles. The Kier molecular flexibility index (Phi) is 16.1. The van der Waals surface area contributed by atoms with E-state index in [1.54, 1.807) is 32.4 Å². The minimum Gasteiger partial charge on any atom is -0.391 e. The van der Waals surface area contributed by atoms with Gasteiger partial charge >= 0.3 is 6.18 Å². The van der Waals surface area contributed by atoms with Crippen molar-refractivity contribution in [2.45, 2.75) is 110 Å². The van der Waals surface area contributed by atoms with E-state index >= 15 is 4.39 Å². The number of anilines is 2. The Balaban J connectivity index is 0.987. The average Bonchev–Trinajstić information content (AvgIpc) is 3.95. The van der Waals surface area contributed by atoms with E-state index < -0.39 is 75.9 Å². The maximum Gasteiger partial charge on any atom is 0.417 e. The van der Waals surface area contributed by atoms with Crippen molar-refractivity contribution >= 4 is 57.8 Å². The van der Waals surface area contributed by atoms with E-state index in [1.807, 2.05) is 57.0 Å². The number of aromatic amines is 1. The second-order valence-electron chi connectivity index (χ2n) is 20.0. The van der Waals surface area contributed by atoms with Crippen LogP contribution in [0.15, 0.2) is 65.0 Å². The lowest BCUT2D eigenvalue weighted by molar-refractivity contribution is -0.144. The molecule has 5 atom stereocenters. The molecule has 21 heteroatoms. The first-order chi connectivity index (χ1) is 33.9. The number of carbonyl (C=O) groups is 5. The number of rotatable bonds is 13. The molecule has 16 nitrogen and oxygen atoms in total. The monoisotopic (exact) mass is 1020 g/mol. The first-order valence-electron chi connectivity index (χ1n) is 23.8. The van der Waals surface area contributed by atoms with Gasteiger partial charge in [0.25, 0.3) is 5.91 Å². The third-order valence-electron chi connectivity index (χ3n) is 13.7. The van der Waals surface area contributed by atoms with Crippen LogP contribution in [0, 0.1) is 18.2 Å². The van der Waals surface area contributed by atoms with Gasteiger partial charge in [-0.1, -0.05) is 51.1 Å². The summed E-state index contributed by atoms with van der Waals surface area (Å²) in [6.07, 6.45) is -3.95. The van der Waals surface area contributed by atoms with Crippen LogP contribution < -0.4 is 26.4 Å². The Morgan fingerprint density at radius 3 is 2.29 bits per heavy atom. The van der Waals surface area contributed by atoms with Crippen LogP contribution in [0.4, 0.5) is 28.9 Å².